The molecule has 1 fully saturated rings. The molecule has 0 unspecified atom stereocenters. The van der Waals surface area contributed by atoms with Gasteiger partial charge in [0.2, 0.25) is 17.7 Å². The van der Waals surface area contributed by atoms with E-state index in [-0.39, 0.29) is 43.8 Å². The van der Waals surface area contributed by atoms with Crippen LogP contribution in [-0.2, 0) is 41.7 Å². The maximum Gasteiger partial charge on any atom is 0.408 e. The number of carbonyl (C=O) groups excluding carboxylic acids is 5. The molecule has 4 atom stereocenters. The Balaban J connectivity index is 1.76. The smallest absolute Gasteiger partial charge is 0.408 e. The zero-order valence-corrected chi connectivity index (χ0v) is 26.1. The lowest BCUT2D eigenvalue weighted by Gasteiger charge is -2.26. The quantitative estimate of drug-likeness (QED) is 0.166. The Labute approximate surface area is 264 Å². The minimum Gasteiger partial charge on any atom is -0.463 e. The van der Waals surface area contributed by atoms with Crippen LogP contribution in [0.2, 0.25) is 0 Å². The van der Waals surface area contributed by atoms with Gasteiger partial charge in [-0.1, -0.05) is 80.6 Å². The molecule has 3 rings (SSSR count). The summed E-state index contributed by atoms with van der Waals surface area (Å²) in [6.07, 6.45) is 3.35. The maximum absolute atomic E-state index is 13.8. The highest BCUT2D eigenvalue weighted by Gasteiger charge is 2.31. The molecule has 1 aliphatic rings. The number of hydrogen-bond acceptors (Lipinski definition) is 7. The van der Waals surface area contributed by atoms with E-state index < -0.39 is 42.0 Å². The number of benzene rings is 2. The Morgan fingerprint density at radius 2 is 1.53 bits per heavy atom. The fourth-order valence-electron chi connectivity index (χ4n) is 4.97. The molecular formula is C34H44N4O7. The van der Waals surface area contributed by atoms with E-state index in [1.807, 2.05) is 74.5 Å². The van der Waals surface area contributed by atoms with Crippen LogP contribution < -0.4 is 21.3 Å². The number of esters is 1. The third kappa shape index (κ3) is 12.5. The van der Waals surface area contributed by atoms with Crippen LogP contribution in [0.4, 0.5) is 4.79 Å². The highest BCUT2D eigenvalue weighted by Crippen LogP contribution is 2.17. The lowest BCUT2D eigenvalue weighted by molar-refractivity contribution is -0.137. The van der Waals surface area contributed by atoms with Crippen LogP contribution in [0.1, 0.15) is 51.2 Å². The van der Waals surface area contributed by atoms with Gasteiger partial charge in [-0.15, -0.1) is 0 Å². The molecule has 2 aromatic carbocycles. The molecular weight excluding hydrogens is 576 g/mol. The number of rotatable bonds is 16. The predicted molar refractivity (Wildman–Crippen MR) is 169 cm³/mol. The van der Waals surface area contributed by atoms with E-state index in [9.17, 15) is 24.0 Å². The summed E-state index contributed by atoms with van der Waals surface area (Å²) in [4.78, 5) is 64.3. The number of hydrogen-bond donors (Lipinski definition) is 4. The number of nitrogens with one attached hydrogen (secondary N) is 4. The second-order valence-electron chi connectivity index (χ2n) is 11.4. The monoisotopic (exact) mass is 620 g/mol. The largest absolute Gasteiger partial charge is 0.463 e. The first-order chi connectivity index (χ1) is 21.6. The summed E-state index contributed by atoms with van der Waals surface area (Å²) in [5.41, 5.74) is 1.61. The Morgan fingerprint density at radius 1 is 0.889 bits per heavy atom. The van der Waals surface area contributed by atoms with E-state index in [1.54, 1.807) is 6.92 Å². The van der Waals surface area contributed by atoms with Gasteiger partial charge in [0.1, 0.15) is 18.7 Å². The molecule has 0 saturated carbocycles. The number of ether oxygens (including phenoxy) is 2. The topological polar surface area (TPSA) is 152 Å². The molecule has 1 saturated heterocycles. The first-order valence-electron chi connectivity index (χ1n) is 15.4. The molecule has 0 bridgehead atoms. The molecule has 0 spiro atoms. The molecule has 11 nitrogen and oxygen atoms in total. The van der Waals surface area contributed by atoms with Gasteiger partial charge >= 0.3 is 12.1 Å². The average molecular weight is 621 g/mol. The molecule has 0 aromatic heterocycles. The van der Waals surface area contributed by atoms with E-state index in [0.717, 1.165) is 11.1 Å². The summed E-state index contributed by atoms with van der Waals surface area (Å²) in [5.74, 6) is -2.01. The standard InChI is InChI=1S/C34H44N4O7/c1-4-44-30(39)16-15-27(21-26-17-18-35-31(26)40)36-32(41)29(20-24-11-7-5-8-12-24)37-33(42)28(19-23(2)3)38-34(43)45-22-25-13-9-6-10-14-25/h5-16,23,26-29H,4,17-22H2,1-3H3,(H,35,40)(H,36,41)(H,37,42)(H,38,43)/b16-15+/t26-,27+,28-,29-/m0/s1. The molecule has 45 heavy (non-hydrogen) atoms. The van der Waals surface area contributed by atoms with Gasteiger partial charge in [-0.05, 0) is 43.2 Å². The summed E-state index contributed by atoms with van der Waals surface area (Å²) < 4.78 is 10.3. The van der Waals surface area contributed by atoms with Crippen molar-refractivity contribution in [1.82, 2.24) is 21.3 Å². The third-order valence-electron chi connectivity index (χ3n) is 7.22. The molecule has 0 aliphatic carbocycles. The maximum atomic E-state index is 13.8. The Bertz CT molecular complexity index is 1300. The van der Waals surface area contributed by atoms with Gasteiger partial charge in [0, 0.05) is 31.0 Å². The predicted octanol–water partition coefficient (Wildman–Crippen LogP) is 3.19. The van der Waals surface area contributed by atoms with Crippen molar-refractivity contribution in [3.63, 3.8) is 0 Å². The Kier molecular flexibility index (Phi) is 14.1. The second kappa shape index (κ2) is 18.2. The normalized spacial score (nSPS) is 16.4. The van der Waals surface area contributed by atoms with Crippen LogP contribution in [0.3, 0.4) is 0 Å². The van der Waals surface area contributed by atoms with Gasteiger partial charge in [-0.3, -0.25) is 14.4 Å². The van der Waals surface area contributed by atoms with Crippen molar-refractivity contribution < 1.29 is 33.4 Å². The van der Waals surface area contributed by atoms with Crippen LogP contribution in [0.15, 0.2) is 72.8 Å². The van der Waals surface area contributed by atoms with Gasteiger partial charge in [0.15, 0.2) is 0 Å². The summed E-state index contributed by atoms with van der Waals surface area (Å²) >= 11 is 0. The lowest BCUT2D eigenvalue weighted by Crippen LogP contribution is -2.56. The van der Waals surface area contributed by atoms with Crippen molar-refractivity contribution in [3.8, 4) is 0 Å². The first-order valence-corrected chi connectivity index (χ1v) is 15.4. The summed E-state index contributed by atoms with van der Waals surface area (Å²) in [6, 6.07) is 15.7. The van der Waals surface area contributed by atoms with Crippen molar-refractivity contribution in [1.29, 1.82) is 0 Å². The van der Waals surface area contributed by atoms with Gasteiger partial charge in [-0.25, -0.2) is 9.59 Å². The number of alkyl carbamates (subject to hydrolysis) is 1. The number of amides is 4. The second-order valence-corrected chi connectivity index (χ2v) is 11.4. The van der Waals surface area contributed by atoms with Gasteiger partial charge < -0.3 is 30.7 Å². The van der Waals surface area contributed by atoms with Crippen molar-refractivity contribution in [2.45, 2.75) is 71.2 Å². The van der Waals surface area contributed by atoms with E-state index >= 15 is 0 Å². The molecule has 1 heterocycles. The molecule has 0 radical (unpaired) electrons. The summed E-state index contributed by atoms with van der Waals surface area (Å²) in [5, 5.41) is 11.2. The zero-order chi connectivity index (χ0) is 32.6. The van der Waals surface area contributed by atoms with Gasteiger partial charge in [0.05, 0.1) is 6.61 Å². The van der Waals surface area contributed by atoms with Crippen LogP contribution >= 0.6 is 0 Å². The van der Waals surface area contributed by atoms with Crippen LogP contribution in [0.25, 0.3) is 0 Å². The fourth-order valence-corrected chi connectivity index (χ4v) is 4.97. The summed E-state index contributed by atoms with van der Waals surface area (Å²) in [7, 11) is 0. The molecule has 2 aromatic rings. The van der Waals surface area contributed by atoms with Crippen LogP contribution in [0.5, 0.6) is 0 Å². The van der Waals surface area contributed by atoms with Crippen molar-refractivity contribution >= 4 is 29.8 Å². The lowest BCUT2D eigenvalue weighted by atomic mass is 9.97. The molecule has 4 N–H and O–H groups in total. The van der Waals surface area contributed by atoms with Crippen molar-refractivity contribution in [3.05, 3.63) is 83.9 Å². The average Bonchev–Trinajstić information content (AvgIpc) is 3.42. The van der Waals surface area contributed by atoms with Crippen LogP contribution in [0, 0.1) is 11.8 Å². The molecule has 11 heteroatoms. The zero-order valence-electron chi connectivity index (χ0n) is 26.1. The molecule has 4 amide bonds. The Morgan fingerprint density at radius 3 is 2.13 bits per heavy atom. The fraction of sp³-hybridized carbons (Fsp3) is 0.441. The first kappa shape index (κ1) is 34.8. The van der Waals surface area contributed by atoms with Crippen molar-refractivity contribution in [2.24, 2.45) is 11.8 Å². The van der Waals surface area contributed by atoms with Crippen LogP contribution in [-0.4, -0.2) is 61.1 Å². The van der Waals surface area contributed by atoms with E-state index in [4.69, 9.17) is 9.47 Å². The van der Waals surface area contributed by atoms with E-state index in [1.165, 1.54) is 12.2 Å². The van der Waals surface area contributed by atoms with E-state index in [0.29, 0.717) is 19.4 Å². The van der Waals surface area contributed by atoms with E-state index in [2.05, 4.69) is 21.3 Å². The molecule has 1 aliphatic heterocycles. The minimum absolute atomic E-state index is 0.0431. The Hall–Kier alpha value is -4.67. The van der Waals surface area contributed by atoms with Gasteiger partial charge in [0.25, 0.3) is 0 Å². The third-order valence-corrected chi connectivity index (χ3v) is 7.22. The molecule has 242 valence electrons. The highest BCUT2D eigenvalue weighted by molar-refractivity contribution is 5.92. The number of carbonyl (C=O) groups is 5. The van der Waals surface area contributed by atoms with Gasteiger partial charge in [-0.2, -0.15) is 0 Å². The summed E-state index contributed by atoms with van der Waals surface area (Å²) in [6.45, 7) is 6.31. The van der Waals surface area contributed by atoms with Crippen molar-refractivity contribution in [2.75, 3.05) is 13.2 Å². The minimum atomic E-state index is -1.02. The SMILES string of the molecule is CCOC(=O)/C=C/[C@H](C[C@@H]1CCNC1=O)NC(=O)[C@H](Cc1ccccc1)NC(=O)[C@H](CC(C)C)NC(=O)OCc1ccccc1. The highest BCUT2D eigenvalue weighted by atomic mass is 16.5.